The Morgan fingerprint density at radius 3 is 2.35 bits per heavy atom. The maximum Gasteiger partial charge on any atom is 0.356 e. The lowest BCUT2D eigenvalue weighted by molar-refractivity contribution is 0.0594. The van der Waals surface area contributed by atoms with Crippen molar-refractivity contribution in [3.05, 3.63) is 82.8 Å². The maximum absolute atomic E-state index is 13.0. The molecule has 4 aromatic rings. The number of hydrogen-bond donors (Lipinski definition) is 1. The third kappa shape index (κ3) is 2.57. The number of methoxy groups -OCH3 is 1. The Bertz CT molecular complexity index is 1150. The van der Waals surface area contributed by atoms with Gasteiger partial charge in [0.2, 0.25) is 0 Å². The van der Waals surface area contributed by atoms with Crippen molar-refractivity contribution in [3.63, 3.8) is 0 Å². The van der Waals surface area contributed by atoms with Crippen LogP contribution in [0.25, 0.3) is 27.8 Å². The fourth-order valence-electron chi connectivity index (χ4n) is 2.92. The zero-order valence-corrected chi connectivity index (χ0v) is 14.0. The summed E-state index contributed by atoms with van der Waals surface area (Å²) in [5.74, 6) is -0.558. The molecule has 4 rings (SSSR count). The minimum absolute atomic E-state index is 0.139. The minimum Gasteiger partial charge on any atom is -0.464 e. The number of benzene rings is 2. The van der Waals surface area contributed by atoms with E-state index in [1.807, 2.05) is 60.7 Å². The van der Waals surface area contributed by atoms with Gasteiger partial charge in [0, 0.05) is 5.56 Å². The van der Waals surface area contributed by atoms with E-state index in [1.165, 1.54) is 11.8 Å². The van der Waals surface area contributed by atoms with Gasteiger partial charge in [0.1, 0.15) is 0 Å². The summed E-state index contributed by atoms with van der Waals surface area (Å²) in [6.45, 7) is 0. The van der Waals surface area contributed by atoms with Gasteiger partial charge in [-0.2, -0.15) is 0 Å². The lowest BCUT2D eigenvalue weighted by atomic mass is 10.0. The fourth-order valence-corrected chi connectivity index (χ4v) is 2.92. The van der Waals surface area contributed by atoms with Crippen LogP contribution in [0.4, 0.5) is 0 Å². The van der Waals surface area contributed by atoms with E-state index in [-0.39, 0.29) is 11.3 Å². The van der Waals surface area contributed by atoms with Crippen LogP contribution < -0.4 is 5.56 Å². The third-order valence-electron chi connectivity index (χ3n) is 4.15. The highest BCUT2D eigenvalue weighted by atomic mass is 16.5. The number of nitrogens with zero attached hydrogens (tertiary/aromatic N) is 2. The first-order valence-corrected chi connectivity index (χ1v) is 8.04. The van der Waals surface area contributed by atoms with Crippen molar-refractivity contribution in [2.45, 2.75) is 0 Å². The topological polar surface area (TPSA) is 77.0 Å². The number of rotatable bonds is 3. The first kappa shape index (κ1) is 15.8. The van der Waals surface area contributed by atoms with Gasteiger partial charge in [0.15, 0.2) is 11.3 Å². The number of H-pyrrole nitrogens is 1. The molecular weight excluding hydrogens is 330 g/mol. The molecule has 0 atom stereocenters. The Labute approximate surface area is 148 Å². The Kier molecular flexibility index (Phi) is 3.85. The second kappa shape index (κ2) is 6.33. The molecule has 0 aliphatic carbocycles. The highest BCUT2D eigenvalue weighted by Gasteiger charge is 2.19. The Morgan fingerprint density at radius 2 is 1.69 bits per heavy atom. The van der Waals surface area contributed by atoms with Crippen molar-refractivity contribution in [2.24, 2.45) is 0 Å². The predicted molar refractivity (Wildman–Crippen MR) is 98.5 cm³/mol. The molecule has 1 N–H and O–H groups in total. The SMILES string of the molecule is COC(=O)c1cc(-c2ccccc2)c2c(=O)n(-c3ccccc3)[nH]c2n1. The van der Waals surface area contributed by atoms with Crippen molar-refractivity contribution < 1.29 is 9.53 Å². The molecule has 0 unspecified atom stereocenters. The summed E-state index contributed by atoms with van der Waals surface area (Å²) in [7, 11) is 1.30. The standard InChI is InChI=1S/C20H15N3O3/c1-26-20(25)16-12-15(13-8-4-2-5-9-13)17-18(21-16)22-23(19(17)24)14-10-6-3-7-11-14/h2-12H,1H3,(H,21,22). The summed E-state index contributed by atoms with van der Waals surface area (Å²) >= 11 is 0. The number of fused-ring (bicyclic) bond motifs is 1. The molecule has 2 aromatic heterocycles. The van der Waals surface area contributed by atoms with E-state index >= 15 is 0 Å². The quantitative estimate of drug-likeness (QED) is 0.579. The molecule has 2 aromatic carbocycles. The van der Waals surface area contributed by atoms with Crippen LogP contribution in [0.5, 0.6) is 0 Å². The molecule has 0 spiro atoms. The molecule has 0 saturated carbocycles. The van der Waals surface area contributed by atoms with Crippen LogP contribution in [0.3, 0.4) is 0 Å². The molecule has 0 bridgehead atoms. The Balaban J connectivity index is 2.06. The second-order valence-electron chi connectivity index (χ2n) is 5.72. The Morgan fingerprint density at radius 1 is 1.04 bits per heavy atom. The third-order valence-corrected chi connectivity index (χ3v) is 4.15. The number of carbonyl (C=O) groups excluding carboxylic acids is 1. The average Bonchev–Trinajstić information content (AvgIpc) is 3.04. The van der Waals surface area contributed by atoms with Crippen LogP contribution in [0.1, 0.15) is 10.5 Å². The van der Waals surface area contributed by atoms with Crippen molar-refractivity contribution in [3.8, 4) is 16.8 Å². The maximum atomic E-state index is 13.0. The van der Waals surface area contributed by atoms with E-state index in [1.54, 1.807) is 6.07 Å². The molecule has 6 nitrogen and oxygen atoms in total. The van der Waals surface area contributed by atoms with Gasteiger partial charge in [-0.15, -0.1) is 0 Å². The summed E-state index contributed by atoms with van der Waals surface area (Å²) in [5, 5.41) is 3.42. The number of nitrogens with one attached hydrogen (secondary N) is 1. The van der Waals surface area contributed by atoms with Gasteiger partial charge in [-0.3, -0.25) is 9.89 Å². The number of aromatic amines is 1. The van der Waals surface area contributed by atoms with E-state index in [4.69, 9.17) is 4.74 Å². The molecule has 6 heteroatoms. The smallest absolute Gasteiger partial charge is 0.356 e. The second-order valence-corrected chi connectivity index (χ2v) is 5.72. The van der Waals surface area contributed by atoms with Gasteiger partial charge in [0.05, 0.1) is 18.2 Å². The first-order chi connectivity index (χ1) is 12.7. The van der Waals surface area contributed by atoms with Crippen LogP contribution >= 0.6 is 0 Å². The minimum atomic E-state index is -0.558. The molecule has 0 saturated heterocycles. The molecule has 0 radical (unpaired) electrons. The first-order valence-electron chi connectivity index (χ1n) is 8.04. The van der Waals surface area contributed by atoms with Gasteiger partial charge in [-0.25, -0.2) is 14.5 Å². The number of para-hydroxylation sites is 1. The highest BCUT2D eigenvalue weighted by molar-refractivity contribution is 5.98. The number of aromatic nitrogens is 3. The molecule has 26 heavy (non-hydrogen) atoms. The zero-order valence-electron chi connectivity index (χ0n) is 14.0. The van der Waals surface area contributed by atoms with Gasteiger partial charge >= 0.3 is 5.97 Å². The van der Waals surface area contributed by atoms with Gasteiger partial charge in [0.25, 0.3) is 5.56 Å². The number of pyridine rings is 1. The van der Waals surface area contributed by atoms with Crippen LogP contribution in [0.15, 0.2) is 71.5 Å². The highest BCUT2D eigenvalue weighted by Crippen LogP contribution is 2.26. The molecule has 2 heterocycles. The van der Waals surface area contributed by atoms with Crippen LogP contribution in [-0.4, -0.2) is 27.8 Å². The van der Waals surface area contributed by atoms with E-state index < -0.39 is 5.97 Å². The van der Waals surface area contributed by atoms with E-state index in [0.717, 1.165) is 5.56 Å². The fraction of sp³-hybridized carbons (Fsp3) is 0.0500. The van der Waals surface area contributed by atoms with E-state index in [9.17, 15) is 9.59 Å². The monoisotopic (exact) mass is 345 g/mol. The molecule has 128 valence electrons. The van der Waals surface area contributed by atoms with E-state index in [0.29, 0.717) is 22.3 Å². The lowest BCUT2D eigenvalue weighted by Crippen LogP contribution is -2.14. The summed E-state index contributed by atoms with van der Waals surface area (Å²) in [4.78, 5) is 29.4. The predicted octanol–water partition coefficient (Wildman–Crippen LogP) is 3.17. The molecule has 0 aliphatic heterocycles. The van der Waals surface area contributed by atoms with Crippen molar-refractivity contribution >= 4 is 17.0 Å². The van der Waals surface area contributed by atoms with Crippen molar-refractivity contribution in [1.82, 2.24) is 14.8 Å². The lowest BCUT2D eigenvalue weighted by Gasteiger charge is -2.05. The van der Waals surface area contributed by atoms with Crippen LogP contribution in [0, 0.1) is 0 Å². The van der Waals surface area contributed by atoms with Gasteiger partial charge < -0.3 is 4.74 Å². The normalized spacial score (nSPS) is 10.8. The summed E-state index contributed by atoms with van der Waals surface area (Å²) in [6, 6.07) is 20.2. The number of ether oxygens (including phenoxy) is 1. The van der Waals surface area contributed by atoms with Crippen molar-refractivity contribution in [2.75, 3.05) is 7.11 Å². The van der Waals surface area contributed by atoms with Crippen LogP contribution in [0.2, 0.25) is 0 Å². The molecule has 0 amide bonds. The summed E-state index contributed by atoms with van der Waals surface area (Å²) in [6.07, 6.45) is 0. The van der Waals surface area contributed by atoms with Gasteiger partial charge in [-0.1, -0.05) is 48.5 Å². The van der Waals surface area contributed by atoms with E-state index in [2.05, 4.69) is 10.1 Å². The summed E-state index contributed by atoms with van der Waals surface area (Å²) < 4.78 is 6.22. The molecule has 0 fully saturated rings. The zero-order chi connectivity index (χ0) is 18.1. The van der Waals surface area contributed by atoms with Crippen LogP contribution in [-0.2, 0) is 4.74 Å². The number of hydrogen-bond acceptors (Lipinski definition) is 4. The molecular formula is C20H15N3O3. The van der Waals surface area contributed by atoms with Crippen molar-refractivity contribution in [1.29, 1.82) is 0 Å². The Hall–Kier alpha value is -3.67. The summed E-state index contributed by atoms with van der Waals surface area (Å²) in [5.41, 5.74) is 2.39. The average molecular weight is 345 g/mol. The van der Waals surface area contributed by atoms with Gasteiger partial charge in [-0.05, 0) is 23.8 Å². The number of esters is 1. The molecule has 0 aliphatic rings. The number of carbonyl (C=O) groups is 1. The largest absolute Gasteiger partial charge is 0.464 e.